The molecule has 0 aliphatic heterocycles. The van der Waals surface area contributed by atoms with Gasteiger partial charge in [0, 0.05) is 25.7 Å². The lowest BCUT2D eigenvalue weighted by molar-refractivity contribution is -0.161. The summed E-state index contributed by atoms with van der Waals surface area (Å²) in [6.07, 6.45) is 64.1. The van der Waals surface area contributed by atoms with Crippen LogP contribution in [0, 0.1) is 23.7 Å². The zero-order valence-corrected chi connectivity index (χ0v) is 71.2. The summed E-state index contributed by atoms with van der Waals surface area (Å²) in [7, 11) is -9.93. The van der Waals surface area contributed by atoms with Crippen LogP contribution in [0.15, 0.2) is 0 Å². The van der Waals surface area contributed by atoms with E-state index in [0.717, 1.165) is 108 Å². The maximum atomic E-state index is 13.1. The molecule has 0 aromatic heterocycles. The van der Waals surface area contributed by atoms with Gasteiger partial charge in [0.1, 0.15) is 19.3 Å². The third kappa shape index (κ3) is 78.5. The van der Waals surface area contributed by atoms with Gasteiger partial charge in [-0.25, -0.2) is 9.13 Å². The minimum Gasteiger partial charge on any atom is -0.462 e. The Balaban J connectivity index is 5.20. The van der Waals surface area contributed by atoms with Crippen molar-refractivity contribution < 1.29 is 80.2 Å². The molecule has 0 rings (SSSR count). The maximum Gasteiger partial charge on any atom is 0.472 e. The number of phosphoric ester groups is 2. The van der Waals surface area contributed by atoms with E-state index in [1.165, 1.54) is 250 Å². The number of rotatable bonds is 83. The van der Waals surface area contributed by atoms with E-state index in [1.807, 2.05) is 0 Å². The molecule has 6 atom stereocenters. The number of ether oxygens (including phenoxy) is 4. The van der Waals surface area contributed by atoms with Crippen LogP contribution in [0.1, 0.15) is 447 Å². The summed E-state index contributed by atoms with van der Waals surface area (Å²) in [5, 5.41) is 10.7. The molecule has 0 aromatic rings. The molecule has 17 nitrogen and oxygen atoms in total. The average molecular weight is 1540 g/mol. The molecule has 105 heavy (non-hydrogen) atoms. The van der Waals surface area contributed by atoms with Crippen LogP contribution >= 0.6 is 15.6 Å². The topological polar surface area (TPSA) is 237 Å². The largest absolute Gasteiger partial charge is 0.472 e. The van der Waals surface area contributed by atoms with E-state index in [2.05, 4.69) is 55.4 Å². The van der Waals surface area contributed by atoms with E-state index in [4.69, 9.17) is 37.0 Å². The summed E-state index contributed by atoms with van der Waals surface area (Å²) in [5.41, 5.74) is 0. The maximum absolute atomic E-state index is 13.1. The number of phosphoric acid groups is 2. The highest BCUT2D eigenvalue weighted by molar-refractivity contribution is 7.47. The molecule has 0 aliphatic carbocycles. The first kappa shape index (κ1) is 103. The fourth-order valence-corrected chi connectivity index (χ4v) is 14.9. The van der Waals surface area contributed by atoms with E-state index in [0.29, 0.717) is 31.6 Å². The van der Waals surface area contributed by atoms with Crippen molar-refractivity contribution in [3.63, 3.8) is 0 Å². The van der Waals surface area contributed by atoms with Gasteiger partial charge in [0.25, 0.3) is 0 Å². The molecule has 0 fully saturated rings. The predicted octanol–water partition coefficient (Wildman–Crippen LogP) is 25.9. The molecule has 4 unspecified atom stereocenters. The summed E-state index contributed by atoms with van der Waals surface area (Å²) >= 11 is 0. The van der Waals surface area contributed by atoms with Crippen LogP contribution in [0.25, 0.3) is 0 Å². The second kappa shape index (κ2) is 74.8. The Labute approximate surface area is 645 Å². The minimum atomic E-state index is -4.97. The fraction of sp³-hybridized carbons (Fsp3) is 0.953. The van der Waals surface area contributed by atoms with Crippen molar-refractivity contribution in [2.75, 3.05) is 39.6 Å². The molecule has 0 aromatic carbocycles. The monoisotopic (exact) mass is 1540 g/mol. The molecule has 0 heterocycles. The number of aliphatic hydroxyl groups is 1. The average Bonchev–Trinajstić information content (AvgIpc) is 0.907. The Morgan fingerprint density at radius 2 is 0.457 bits per heavy atom. The molecular weight excluding hydrogens is 1370 g/mol. The van der Waals surface area contributed by atoms with Crippen LogP contribution < -0.4 is 0 Å². The number of esters is 4. The summed E-state index contributed by atoms with van der Waals surface area (Å²) in [5.74, 6) is 1.03. The molecule has 0 spiro atoms. The van der Waals surface area contributed by atoms with Gasteiger partial charge in [-0.3, -0.25) is 37.3 Å². The zero-order valence-electron chi connectivity index (χ0n) is 69.4. The van der Waals surface area contributed by atoms with Gasteiger partial charge in [0.15, 0.2) is 12.2 Å². The summed E-state index contributed by atoms with van der Waals surface area (Å²) in [4.78, 5) is 73.1. The van der Waals surface area contributed by atoms with Crippen molar-refractivity contribution in [3.05, 3.63) is 0 Å². The van der Waals surface area contributed by atoms with Gasteiger partial charge in [-0.1, -0.05) is 396 Å². The molecule has 624 valence electrons. The van der Waals surface area contributed by atoms with Crippen LogP contribution in [0.3, 0.4) is 0 Å². The fourth-order valence-electron chi connectivity index (χ4n) is 13.3. The third-order valence-electron chi connectivity index (χ3n) is 20.4. The van der Waals surface area contributed by atoms with Crippen LogP contribution in [0.4, 0.5) is 0 Å². The number of carbonyl (C=O) groups is 4. The number of hydrogen-bond donors (Lipinski definition) is 3. The highest BCUT2D eigenvalue weighted by Gasteiger charge is 2.31. The standard InChI is InChI=1S/C86H168O17P2/c1-9-79(8)65-57-49-41-31-27-23-19-15-11-13-17-21-25-29-33-44-52-60-68-85(90)102-81(72-96-83(88)66-58-50-42-32-28-24-20-16-12-10-14-18-22-26-30-38-46-54-62-76(2)3)74-100-104(92,93)98-70-80(87)71-99-105(94,95)101-75-82(103-86(91)69-61-53-45-37-35-40-48-56-64-78(6)7)73-97-84(89)67-59-51-43-36-34-39-47-55-63-77(4)5/h76-82,87H,9-75H2,1-8H3,(H,92,93)(H,94,95)/t79?,80?,81-,82-/m1/s1. The number of hydrogen-bond acceptors (Lipinski definition) is 15. The molecule has 0 saturated heterocycles. The summed E-state index contributed by atoms with van der Waals surface area (Å²) in [6.45, 7) is 14.3. The van der Waals surface area contributed by atoms with Crippen molar-refractivity contribution in [1.29, 1.82) is 0 Å². The molecule has 0 bridgehead atoms. The second-order valence-corrected chi connectivity index (χ2v) is 35.5. The lowest BCUT2D eigenvalue weighted by Crippen LogP contribution is -2.30. The second-order valence-electron chi connectivity index (χ2n) is 32.6. The lowest BCUT2D eigenvalue weighted by Gasteiger charge is -2.21. The van der Waals surface area contributed by atoms with E-state index >= 15 is 0 Å². The number of unbranched alkanes of at least 4 members (excludes halogenated alkanes) is 48. The van der Waals surface area contributed by atoms with Crippen molar-refractivity contribution in [2.45, 2.75) is 465 Å². The van der Waals surface area contributed by atoms with Crippen LogP contribution in [-0.2, 0) is 65.4 Å². The third-order valence-corrected chi connectivity index (χ3v) is 22.3. The molecule has 0 aliphatic rings. The summed E-state index contributed by atoms with van der Waals surface area (Å²) < 4.78 is 68.8. The summed E-state index contributed by atoms with van der Waals surface area (Å²) in [6, 6.07) is 0. The van der Waals surface area contributed by atoms with Crippen LogP contribution in [0.2, 0.25) is 0 Å². The van der Waals surface area contributed by atoms with Gasteiger partial charge in [0.2, 0.25) is 0 Å². The number of carbonyl (C=O) groups excluding carboxylic acids is 4. The Morgan fingerprint density at radius 3 is 0.676 bits per heavy atom. The van der Waals surface area contributed by atoms with Gasteiger partial charge >= 0.3 is 39.5 Å². The highest BCUT2D eigenvalue weighted by atomic mass is 31.2. The predicted molar refractivity (Wildman–Crippen MR) is 432 cm³/mol. The Kier molecular flexibility index (Phi) is 73.4. The van der Waals surface area contributed by atoms with Crippen molar-refractivity contribution in [2.24, 2.45) is 23.7 Å². The van der Waals surface area contributed by atoms with E-state index < -0.39 is 97.5 Å². The molecule has 3 N–H and O–H groups in total. The zero-order chi connectivity index (χ0) is 77.4. The molecule has 19 heteroatoms. The Bertz CT molecular complexity index is 2040. The molecule has 0 radical (unpaired) electrons. The van der Waals surface area contributed by atoms with Gasteiger partial charge in [-0.05, 0) is 49.4 Å². The Hall–Kier alpha value is -1.94. The highest BCUT2D eigenvalue weighted by Crippen LogP contribution is 2.45. The molecule has 0 amide bonds. The quantitative estimate of drug-likeness (QED) is 0.0222. The first-order valence-electron chi connectivity index (χ1n) is 44.2. The van der Waals surface area contributed by atoms with E-state index in [-0.39, 0.29) is 25.7 Å². The van der Waals surface area contributed by atoms with Crippen LogP contribution in [-0.4, -0.2) is 96.7 Å². The SMILES string of the molecule is CCC(C)CCCCCCCCCCCCCCCCCCCCC(=O)O[C@H](COC(=O)CCCCCCCCCCCCCCCCCCCCC(C)C)COP(=O)(O)OCC(O)COP(=O)(O)OC[C@@H](COC(=O)CCCCCCCCCCC(C)C)OC(=O)CCCCCCCCCCC(C)C. The molecule has 0 saturated carbocycles. The van der Waals surface area contributed by atoms with Gasteiger partial charge in [-0.15, -0.1) is 0 Å². The van der Waals surface area contributed by atoms with Gasteiger partial charge in [0.05, 0.1) is 26.4 Å². The first-order valence-corrected chi connectivity index (χ1v) is 47.2. The number of aliphatic hydroxyl groups excluding tert-OH is 1. The first-order chi connectivity index (χ1) is 50.6. The van der Waals surface area contributed by atoms with Crippen molar-refractivity contribution in [1.82, 2.24) is 0 Å². The van der Waals surface area contributed by atoms with Crippen LogP contribution in [0.5, 0.6) is 0 Å². The van der Waals surface area contributed by atoms with Gasteiger partial charge < -0.3 is 33.8 Å². The smallest absolute Gasteiger partial charge is 0.462 e. The minimum absolute atomic E-state index is 0.104. The van der Waals surface area contributed by atoms with Gasteiger partial charge in [-0.2, -0.15) is 0 Å². The van der Waals surface area contributed by atoms with Crippen molar-refractivity contribution >= 4 is 39.5 Å². The molecular formula is C86H168O17P2. The normalized spacial score (nSPS) is 14.2. The Morgan fingerprint density at radius 1 is 0.267 bits per heavy atom. The lowest BCUT2D eigenvalue weighted by atomic mass is 9.99. The van der Waals surface area contributed by atoms with E-state index in [9.17, 15) is 43.2 Å². The van der Waals surface area contributed by atoms with E-state index in [1.54, 1.807) is 0 Å². The van der Waals surface area contributed by atoms with Crippen molar-refractivity contribution in [3.8, 4) is 0 Å².